The first kappa shape index (κ1) is 13.3. The summed E-state index contributed by atoms with van der Waals surface area (Å²) in [4.78, 5) is 18.3. The highest BCUT2D eigenvalue weighted by Crippen LogP contribution is 2.21. The maximum atomic E-state index is 11.7. The Morgan fingerprint density at radius 2 is 2.33 bits per heavy atom. The van der Waals surface area contributed by atoms with Gasteiger partial charge < -0.3 is 10.2 Å². The number of nitrogens with zero attached hydrogens (tertiary/aromatic N) is 3. The fourth-order valence-corrected chi connectivity index (χ4v) is 2.76. The van der Waals surface area contributed by atoms with Crippen molar-refractivity contribution in [2.75, 3.05) is 18.0 Å². The number of piperidine rings is 1. The van der Waals surface area contributed by atoms with Crippen LogP contribution in [0.5, 0.6) is 0 Å². The Morgan fingerprint density at radius 1 is 1.56 bits per heavy atom. The summed E-state index contributed by atoms with van der Waals surface area (Å²) >= 11 is 1.44. The molecule has 6 heteroatoms. The van der Waals surface area contributed by atoms with Crippen LogP contribution in [0.1, 0.15) is 32.5 Å². The van der Waals surface area contributed by atoms with Gasteiger partial charge in [-0.1, -0.05) is 13.8 Å². The third kappa shape index (κ3) is 3.19. The Morgan fingerprint density at radius 3 is 2.94 bits per heavy atom. The molecule has 2 heterocycles. The molecule has 1 amide bonds. The minimum Gasteiger partial charge on any atom is -0.351 e. The molecule has 0 radical (unpaired) electrons. The second kappa shape index (κ2) is 5.65. The Kier molecular flexibility index (Phi) is 4.16. The maximum Gasteiger partial charge on any atom is 0.222 e. The number of carbonyl (C=O) groups is 1. The van der Waals surface area contributed by atoms with Crippen LogP contribution in [0.3, 0.4) is 0 Å². The molecule has 1 atom stereocenters. The maximum absolute atomic E-state index is 11.7. The Hall–Kier alpha value is -1.17. The first-order valence-corrected chi connectivity index (χ1v) is 7.19. The Bertz CT molecular complexity index is 418. The zero-order valence-electron chi connectivity index (χ0n) is 11.1. The van der Waals surface area contributed by atoms with E-state index in [2.05, 4.69) is 19.6 Å². The van der Waals surface area contributed by atoms with Gasteiger partial charge in [-0.15, -0.1) is 0 Å². The Labute approximate surface area is 112 Å². The molecule has 0 bridgehead atoms. The third-order valence-corrected chi connectivity index (χ3v) is 3.95. The summed E-state index contributed by atoms with van der Waals surface area (Å²) in [6, 6.07) is 0.234. The van der Waals surface area contributed by atoms with Crippen LogP contribution in [0, 0.1) is 12.8 Å². The van der Waals surface area contributed by atoms with Gasteiger partial charge in [-0.05, 0) is 19.8 Å². The van der Waals surface area contributed by atoms with Crippen LogP contribution in [0.2, 0.25) is 0 Å². The van der Waals surface area contributed by atoms with E-state index in [1.165, 1.54) is 11.5 Å². The third-order valence-electron chi connectivity index (χ3n) is 3.08. The summed E-state index contributed by atoms with van der Waals surface area (Å²) in [7, 11) is 0. The summed E-state index contributed by atoms with van der Waals surface area (Å²) < 4.78 is 4.21. The largest absolute Gasteiger partial charge is 0.351 e. The van der Waals surface area contributed by atoms with Crippen LogP contribution in [0.4, 0.5) is 5.13 Å². The van der Waals surface area contributed by atoms with E-state index < -0.39 is 0 Å². The average molecular weight is 268 g/mol. The van der Waals surface area contributed by atoms with Crippen molar-refractivity contribution < 1.29 is 4.79 Å². The normalized spacial score (nSPS) is 20.2. The number of carbonyl (C=O) groups excluding carboxylic acids is 1. The smallest absolute Gasteiger partial charge is 0.222 e. The molecular weight excluding hydrogens is 248 g/mol. The number of rotatable bonds is 3. The van der Waals surface area contributed by atoms with Gasteiger partial charge in [0.25, 0.3) is 0 Å². The molecule has 1 aromatic heterocycles. The Balaban J connectivity index is 1.94. The lowest BCUT2D eigenvalue weighted by molar-refractivity contribution is -0.124. The van der Waals surface area contributed by atoms with Gasteiger partial charge in [0.2, 0.25) is 11.0 Å². The number of hydrogen-bond acceptors (Lipinski definition) is 5. The molecule has 1 unspecified atom stereocenters. The molecule has 1 aromatic rings. The van der Waals surface area contributed by atoms with E-state index in [9.17, 15) is 4.79 Å². The zero-order chi connectivity index (χ0) is 13.1. The number of aryl methyl sites for hydroxylation is 1. The van der Waals surface area contributed by atoms with Gasteiger partial charge in [0, 0.05) is 36.6 Å². The van der Waals surface area contributed by atoms with E-state index in [0.29, 0.717) is 0 Å². The van der Waals surface area contributed by atoms with E-state index in [0.717, 1.165) is 36.9 Å². The first-order chi connectivity index (χ1) is 8.56. The lowest BCUT2D eigenvalue weighted by Crippen LogP contribution is -2.48. The molecule has 1 N–H and O–H groups in total. The molecule has 0 aliphatic carbocycles. The zero-order valence-corrected chi connectivity index (χ0v) is 12.0. The summed E-state index contributed by atoms with van der Waals surface area (Å²) in [5, 5.41) is 4.07. The van der Waals surface area contributed by atoms with Gasteiger partial charge in [0.05, 0.1) is 0 Å². The summed E-state index contributed by atoms with van der Waals surface area (Å²) in [6.45, 7) is 7.59. The number of nitrogens with one attached hydrogen (secondary N) is 1. The van der Waals surface area contributed by atoms with E-state index in [1.54, 1.807) is 0 Å². The molecule has 2 rings (SSSR count). The SMILES string of the molecule is Cc1nsc(N2CCCC(NC(=O)C(C)C)C2)n1. The molecule has 5 nitrogen and oxygen atoms in total. The molecule has 1 aliphatic rings. The van der Waals surface area contributed by atoms with E-state index in [1.807, 2.05) is 20.8 Å². The standard InChI is InChI=1S/C12H20N4OS/c1-8(2)11(17)14-10-5-4-6-16(7-10)12-13-9(3)15-18-12/h8,10H,4-7H2,1-3H3,(H,14,17). The van der Waals surface area contributed by atoms with Crippen LogP contribution in [-0.2, 0) is 4.79 Å². The average Bonchev–Trinajstić information content (AvgIpc) is 2.76. The van der Waals surface area contributed by atoms with Crippen LogP contribution in [0.15, 0.2) is 0 Å². The summed E-state index contributed by atoms with van der Waals surface area (Å²) in [5.74, 6) is 1.00. The van der Waals surface area contributed by atoms with Crippen molar-refractivity contribution in [3.8, 4) is 0 Å². The lowest BCUT2D eigenvalue weighted by Gasteiger charge is -2.33. The molecule has 0 spiro atoms. The molecule has 0 saturated carbocycles. The van der Waals surface area contributed by atoms with Gasteiger partial charge in [0.1, 0.15) is 5.82 Å². The van der Waals surface area contributed by atoms with Crippen molar-refractivity contribution in [3.63, 3.8) is 0 Å². The lowest BCUT2D eigenvalue weighted by atomic mass is 10.1. The molecule has 1 saturated heterocycles. The second-order valence-corrected chi connectivity index (χ2v) is 5.80. The fourth-order valence-electron chi connectivity index (χ4n) is 2.05. The van der Waals surface area contributed by atoms with Crippen LogP contribution in [-0.4, -0.2) is 34.4 Å². The molecule has 18 heavy (non-hydrogen) atoms. The van der Waals surface area contributed by atoms with Gasteiger partial charge in [-0.25, -0.2) is 4.98 Å². The van der Waals surface area contributed by atoms with Gasteiger partial charge in [0.15, 0.2) is 0 Å². The molecule has 100 valence electrons. The number of anilines is 1. The van der Waals surface area contributed by atoms with Crippen LogP contribution >= 0.6 is 11.5 Å². The molecule has 1 fully saturated rings. The van der Waals surface area contributed by atoms with Gasteiger partial charge in [-0.2, -0.15) is 4.37 Å². The first-order valence-electron chi connectivity index (χ1n) is 6.42. The van der Waals surface area contributed by atoms with Crippen LogP contribution < -0.4 is 10.2 Å². The number of hydrogen-bond donors (Lipinski definition) is 1. The predicted octanol–water partition coefficient (Wildman–Crippen LogP) is 1.59. The van der Waals surface area contributed by atoms with Crippen molar-refractivity contribution in [3.05, 3.63) is 5.82 Å². The van der Waals surface area contributed by atoms with E-state index >= 15 is 0 Å². The highest BCUT2D eigenvalue weighted by atomic mass is 32.1. The molecule has 1 aliphatic heterocycles. The topological polar surface area (TPSA) is 58.1 Å². The van der Waals surface area contributed by atoms with Crippen molar-refractivity contribution >= 4 is 22.6 Å². The number of amides is 1. The predicted molar refractivity (Wildman–Crippen MR) is 72.9 cm³/mol. The van der Waals surface area contributed by atoms with Gasteiger partial charge in [-0.3, -0.25) is 4.79 Å². The van der Waals surface area contributed by atoms with Crippen molar-refractivity contribution in [2.24, 2.45) is 5.92 Å². The minimum atomic E-state index is 0.0455. The fraction of sp³-hybridized carbons (Fsp3) is 0.750. The second-order valence-electron chi connectivity index (χ2n) is 5.07. The van der Waals surface area contributed by atoms with Crippen molar-refractivity contribution in [1.29, 1.82) is 0 Å². The molecular formula is C12H20N4OS. The molecule has 0 aromatic carbocycles. The summed E-state index contributed by atoms with van der Waals surface area (Å²) in [6.07, 6.45) is 2.13. The van der Waals surface area contributed by atoms with Gasteiger partial charge >= 0.3 is 0 Å². The highest BCUT2D eigenvalue weighted by Gasteiger charge is 2.24. The van der Waals surface area contributed by atoms with Crippen LogP contribution in [0.25, 0.3) is 0 Å². The quantitative estimate of drug-likeness (QED) is 0.904. The van der Waals surface area contributed by atoms with Crippen molar-refractivity contribution in [2.45, 2.75) is 39.7 Å². The monoisotopic (exact) mass is 268 g/mol. The van der Waals surface area contributed by atoms with Crippen molar-refractivity contribution in [1.82, 2.24) is 14.7 Å². The number of aromatic nitrogens is 2. The highest BCUT2D eigenvalue weighted by molar-refractivity contribution is 7.09. The van der Waals surface area contributed by atoms with E-state index in [4.69, 9.17) is 0 Å². The van der Waals surface area contributed by atoms with E-state index in [-0.39, 0.29) is 17.9 Å². The summed E-state index contributed by atoms with van der Waals surface area (Å²) in [5.41, 5.74) is 0. The minimum absolute atomic E-state index is 0.0455.